The molecule has 6 heteroatoms. The quantitative estimate of drug-likeness (QED) is 0.650. The number of rotatable bonds is 9. The molecule has 1 aliphatic carbocycles. The van der Waals surface area contributed by atoms with Gasteiger partial charge in [0.25, 0.3) is 5.91 Å². The third-order valence-corrected chi connectivity index (χ3v) is 4.59. The molecule has 2 rings (SSSR count). The molecule has 1 aliphatic rings. The number of unbranched alkanes of at least 4 members (excludes halogenated alkanes) is 1. The van der Waals surface area contributed by atoms with E-state index in [1.807, 2.05) is 13.0 Å². The molecule has 0 radical (unpaired) electrons. The van der Waals surface area contributed by atoms with Crippen LogP contribution in [0, 0.1) is 0 Å². The van der Waals surface area contributed by atoms with E-state index in [0.29, 0.717) is 36.8 Å². The fourth-order valence-corrected chi connectivity index (χ4v) is 3.11. The van der Waals surface area contributed by atoms with Crippen LogP contribution >= 0.6 is 12.4 Å². The Balaban J connectivity index is 0.00000312. The zero-order valence-corrected chi connectivity index (χ0v) is 16.1. The summed E-state index contributed by atoms with van der Waals surface area (Å²) >= 11 is 0. The predicted octanol–water partition coefficient (Wildman–Crippen LogP) is 3.69. The van der Waals surface area contributed by atoms with Crippen LogP contribution in [0.5, 0.6) is 11.5 Å². The van der Waals surface area contributed by atoms with Gasteiger partial charge in [0.1, 0.15) is 0 Å². The van der Waals surface area contributed by atoms with Crippen molar-refractivity contribution in [2.75, 3.05) is 19.8 Å². The molecule has 1 aromatic rings. The van der Waals surface area contributed by atoms with Crippen molar-refractivity contribution < 1.29 is 14.3 Å². The number of hydrogen-bond acceptors (Lipinski definition) is 4. The molecule has 0 heterocycles. The summed E-state index contributed by atoms with van der Waals surface area (Å²) in [4.78, 5) is 12.6. The lowest BCUT2D eigenvalue weighted by atomic mass is 9.97. The number of benzene rings is 1. The molecule has 0 atom stereocenters. The van der Waals surface area contributed by atoms with Gasteiger partial charge in [-0.25, -0.2) is 0 Å². The maximum atomic E-state index is 12.6. The topological polar surface area (TPSA) is 73.6 Å². The molecule has 0 unspecified atom stereocenters. The van der Waals surface area contributed by atoms with Gasteiger partial charge in [-0.15, -0.1) is 12.4 Å². The summed E-state index contributed by atoms with van der Waals surface area (Å²) in [7, 11) is 0. The number of hydrogen-bond donors (Lipinski definition) is 2. The van der Waals surface area contributed by atoms with Crippen LogP contribution in [0.3, 0.4) is 0 Å². The van der Waals surface area contributed by atoms with Crippen molar-refractivity contribution in [3.63, 3.8) is 0 Å². The van der Waals surface area contributed by atoms with Crippen LogP contribution in [0.25, 0.3) is 0 Å². The van der Waals surface area contributed by atoms with E-state index in [0.717, 1.165) is 38.5 Å². The second-order valence-electron chi connectivity index (χ2n) is 6.44. The van der Waals surface area contributed by atoms with Crippen LogP contribution in [0.2, 0.25) is 0 Å². The summed E-state index contributed by atoms with van der Waals surface area (Å²) in [6.07, 6.45) is 6.20. The maximum absolute atomic E-state index is 12.6. The second-order valence-corrected chi connectivity index (χ2v) is 6.44. The highest BCUT2D eigenvalue weighted by Gasteiger charge is 2.34. The van der Waals surface area contributed by atoms with E-state index in [4.69, 9.17) is 15.2 Å². The maximum Gasteiger partial charge on any atom is 0.251 e. The van der Waals surface area contributed by atoms with Crippen LogP contribution in [-0.2, 0) is 0 Å². The van der Waals surface area contributed by atoms with Crippen LogP contribution < -0.4 is 20.5 Å². The Kier molecular flexibility index (Phi) is 9.08. The molecular formula is C19H31ClN2O3. The molecule has 1 fully saturated rings. The monoisotopic (exact) mass is 370 g/mol. The van der Waals surface area contributed by atoms with Gasteiger partial charge in [0.05, 0.1) is 18.8 Å². The number of amides is 1. The van der Waals surface area contributed by atoms with Gasteiger partial charge in [-0.3, -0.25) is 4.79 Å². The van der Waals surface area contributed by atoms with E-state index in [2.05, 4.69) is 12.2 Å². The lowest BCUT2D eigenvalue weighted by Crippen LogP contribution is -2.51. The summed E-state index contributed by atoms with van der Waals surface area (Å²) in [6.45, 7) is 5.71. The van der Waals surface area contributed by atoms with E-state index < -0.39 is 0 Å². The first-order valence-corrected chi connectivity index (χ1v) is 9.06. The minimum atomic E-state index is -0.251. The summed E-state index contributed by atoms with van der Waals surface area (Å²) in [5, 5.41) is 3.14. The fraction of sp³-hybridized carbons (Fsp3) is 0.632. The molecule has 1 amide bonds. The number of ether oxygens (including phenoxy) is 2. The summed E-state index contributed by atoms with van der Waals surface area (Å²) in [5.74, 6) is 1.22. The minimum absolute atomic E-state index is 0. The van der Waals surface area contributed by atoms with Gasteiger partial charge in [-0.2, -0.15) is 0 Å². The Hall–Kier alpha value is -1.46. The van der Waals surface area contributed by atoms with Crippen molar-refractivity contribution >= 4 is 18.3 Å². The van der Waals surface area contributed by atoms with Gasteiger partial charge < -0.3 is 20.5 Å². The smallest absolute Gasteiger partial charge is 0.251 e. The molecule has 1 aromatic carbocycles. The third-order valence-electron chi connectivity index (χ3n) is 4.59. The molecule has 5 nitrogen and oxygen atoms in total. The number of carbonyl (C=O) groups is 1. The standard InChI is InChI=1S/C19H30N2O3.ClH/c1-3-5-12-24-16-9-8-15(13-17(16)23-4-2)18(22)21-19(14-20)10-6-7-11-19;/h8-9,13H,3-7,10-12,14,20H2,1-2H3,(H,21,22);1H. The number of nitrogens with one attached hydrogen (secondary N) is 1. The molecule has 0 aliphatic heterocycles. The molecule has 25 heavy (non-hydrogen) atoms. The number of nitrogens with two attached hydrogens (primary N) is 1. The molecule has 0 spiro atoms. The number of carbonyl (C=O) groups excluding carboxylic acids is 1. The lowest BCUT2D eigenvalue weighted by Gasteiger charge is -2.28. The molecule has 142 valence electrons. The molecule has 1 saturated carbocycles. The van der Waals surface area contributed by atoms with E-state index in [1.165, 1.54) is 0 Å². The van der Waals surface area contributed by atoms with Crippen LogP contribution in [0.15, 0.2) is 18.2 Å². The number of halogens is 1. The summed E-state index contributed by atoms with van der Waals surface area (Å²) in [5.41, 5.74) is 6.24. The van der Waals surface area contributed by atoms with Crippen molar-refractivity contribution in [1.82, 2.24) is 5.32 Å². The fourth-order valence-electron chi connectivity index (χ4n) is 3.11. The molecular weight excluding hydrogens is 340 g/mol. The van der Waals surface area contributed by atoms with E-state index in [1.54, 1.807) is 12.1 Å². The van der Waals surface area contributed by atoms with E-state index in [9.17, 15) is 4.79 Å². The van der Waals surface area contributed by atoms with Gasteiger partial charge in [0.15, 0.2) is 11.5 Å². The predicted molar refractivity (Wildman–Crippen MR) is 103 cm³/mol. The Bertz CT molecular complexity index is 545. The van der Waals surface area contributed by atoms with Crippen LogP contribution in [0.4, 0.5) is 0 Å². The third kappa shape index (κ3) is 5.79. The van der Waals surface area contributed by atoms with Gasteiger partial charge in [-0.05, 0) is 44.4 Å². The van der Waals surface area contributed by atoms with Crippen LogP contribution in [0.1, 0.15) is 62.7 Å². The molecule has 0 aromatic heterocycles. The Morgan fingerprint density at radius 2 is 1.92 bits per heavy atom. The second kappa shape index (κ2) is 10.5. The summed E-state index contributed by atoms with van der Waals surface area (Å²) < 4.78 is 11.4. The van der Waals surface area contributed by atoms with E-state index >= 15 is 0 Å². The largest absolute Gasteiger partial charge is 0.490 e. The zero-order valence-electron chi connectivity index (χ0n) is 15.3. The van der Waals surface area contributed by atoms with Gasteiger partial charge in [-0.1, -0.05) is 26.2 Å². The first kappa shape index (κ1) is 21.6. The highest BCUT2D eigenvalue weighted by atomic mass is 35.5. The Morgan fingerprint density at radius 1 is 1.20 bits per heavy atom. The SMILES string of the molecule is CCCCOc1ccc(C(=O)NC2(CN)CCCC2)cc1OCC.Cl. The first-order chi connectivity index (χ1) is 11.6. The normalized spacial score (nSPS) is 15.3. The van der Waals surface area contributed by atoms with Gasteiger partial charge in [0, 0.05) is 12.1 Å². The van der Waals surface area contributed by atoms with Crippen molar-refractivity contribution in [3.05, 3.63) is 23.8 Å². The Labute approximate surface area is 157 Å². The zero-order chi connectivity index (χ0) is 17.4. The first-order valence-electron chi connectivity index (χ1n) is 9.06. The highest BCUT2D eigenvalue weighted by Crippen LogP contribution is 2.31. The molecule has 0 bridgehead atoms. The lowest BCUT2D eigenvalue weighted by molar-refractivity contribution is 0.0902. The van der Waals surface area contributed by atoms with Crippen molar-refractivity contribution in [1.29, 1.82) is 0 Å². The molecule has 0 saturated heterocycles. The van der Waals surface area contributed by atoms with Gasteiger partial charge >= 0.3 is 0 Å². The minimum Gasteiger partial charge on any atom is -0.490 e. The summed E-state index contributed by atoms with van der Waals surface area (Å²) in [6, 6.07) is 5.37. The van der Waals surface area contributed by atoms with Crippen LogP contribution in [-0.4, -0.2) is 31.2 Å². The Morgan fingerprint density at radius 3 is 2.52 bits per heavy atom. The average Bonchev–Trinajstić information content (AvgIpc) is 3.05. The van der Waals surface area contributed by atoms with Crippen molar-refractivity contribution in [3.8, 4) is 11.5 Å². The highest BCUT2D eigenvalue weighted by molar-refractivity contribution is 5.95. The van der Waals surface area contributed by atoms with E-state index in [-0.39, 0.29) is 23.9 Å². The average molecular weight is 371 g/mol. The van der Waals surface area contributed by atoms with Crippen molar-refractivity contribution in [2.24, 2.45) is 5.73 Å². The van der Waals surface area contributed by atoms with Crippen molar-refractivity contribution in [2.45, 2.75) is 57.9 Å². The van der Waals surface area contributed by atoms with Gasteiger partial charge in [0.2, 0.25) is 0 Å². The molecule has 3 N–H and O–H groups in total.